The third-order valence-corrected chi connectivity index (χ3v) is 2.57. The number of carbonyl (C=O) groups excluding carboxylic acids is 1. The fourth-order valence-corrected chi connectivity index (χ4v) is 1.77. The number of ether oxygens (including phenoxy) is 2. The van der Waals surface area contributed by atoms with E-state index in [1.807, 2.05) is 0 Å². The van der Waals surface area contributed by atoms with Crippen molar-refractivity contribution in [1.82, 2.24) is 9.97 Å². The Morgan fingerprint density at radius 3 is 2.61 bits per heavy atom. The average molecular weight is 340 g/mol. The number of anilines is 1. The summed E-state index contributed by atoms with van der Waals surface area (Å²) in [6.45, 7) is 5.25. The lowest BCUT2D eigenvalue weighted by Crippen LogP contribution is -2.27. The molecule has 23 heavy (non-hydrogen) atoms. The van der Waals surface area contributed by atoms with Gasteiger partial charge in [0.1, 0.15) is 10.8 Å². The number of hydrogen-bond acceptors (Lipinski definition) is 5. The number of halogens is 2. The van der Waals surface area contributed by atoms with Gasteiger partial charge in [-0.1, -0.05) is 23.7 Å². The molecule has 1 N–H and O–H groups in total. The zero-order chi connectivity index (χ0) is 17.0. The molecule has 0 atom stereocenters. The van der Waals surface area contributed by atoms with E-state index >= 15 is 0 Å². The first-order valence-corrected chi connectivity index (χ1v) is 7.08. The van der Waals surface area contributed by atoms with Crippen LogP contribution in [0.4, 0.5) is 14.9 Å². The van der Waals surface area contributed by atoms with Gasteiger partial charge >= 0.3 is 12.2 Å². The second-order valence-corrected chi connectivity index (χ2v) is 5.91. The molecular formula is C15H15ClFN3O3. The highest BCUT2D eigenvalue weighted by atomic mass is 35.5. The van der Waals surface area contributed by atoms with Crippen LogP contribution in [0.1, 0.15) is 20.8 Å². The molecule has 1 aromatic carbocycles. The number of amides is 1. The van der Waals surface area contributed by atoms with Gasteiger partial charge in [0.15, 0.2) is 5.75 Å². The molecule has 2 rings (SSSR count). The van der Waals surface area contributed by atoms with Crippen molar-refractivity contribution in [2.45, 2.75) is 26.4 Å². The quantitative estimate of drug-likeness (QED) is 0.662. The summed E-state index contributed by atoms with van der Waals surface area (Å²) >= 11 is 5.65. The molecule has 0 spiro atoms. The zero-order valence-electron chi connectivity index (χ0n) is 12.8. The largest absolute Gasteiger partial charge is 0.444 e. The third kappa shape index (κ3) is 5.37. The molecule has 2 aromatic rings. The molecule has 0 aliphatic heterocycles. The number of nitrogens with zero attached hydrogens (tertiary/aromatic N) is 2. The SMILES string of the molecule is CC(C)(C)OC(=O)Nc1ccccc1Oc1cc(Cl)nc(F)n1. The zero-order valence-corrected chi connectivity index (χ0v) is 13.5. The smallest absolute Gasteiger partial charge is 0.412 e. The van der Waals surface area contributed by atoms with Crippen molar-refractivity contribution in [1.29, 1.82) is 0 Å². The number of hydrogen-bond donors (Lipinski definition) is 1. The van der Waals surface area contributed by atoms with E-state index in [0.29, 0.717) is 5.69 Å². The molecule has 1 aromatic heterocycles. The predicted octanol–water partition coefficient (Wildman–Crippen LogP) is 4.41. The standard InChI is InChI=1S/C15H15ClFN3O3/c1-15(2,3)23-14(21)18-9-6-4-5-7-10(9)22-12-8-11(16)19-13(17)20-12/h4-8H,1-3H3,(H,18,21). The van der Waals surface area contributed by atoms with Gasteiger partial charge < -0.3 is 9.47 Å². The third-order valence-electron chi connectivity index (χ3n) is 2.38. The molecule has 0 bridgehead atoms. The van der Waals surface area contributed by atoms with Gasteiger partial charge in [-0.3, -0.25) is 5.32 Å². The number of aromatic nitrogens is 2. The first-order valence-electron chi connectivity index (χ1n) is 6.70. The Hall–Kier alpha value is -2.41. The normalized spacial score (nSPS) is 11.0. The minimum Gasteiger partial charge on any atom is -0.444 e. The Labute approximate surface area is 137 Å². The number of nitrogens with one attached hydrogen (secondary N) is 1. The van der Waals surface area contributed by atoms with Crippen LogP contribution in [0.5, 0.6) is 11.6 Å². The fourth-order valence-electron chi connectivity index (χ4n) is 1.61. The van der Waals surface area contributed by atoms with Crippen LogP contribution in [-0.2, 0) is 4.74 Å². The molecule has 0 aliphatic carbocycles. The monoisotopic (exact) mass is 339 g/mol. The summed E-state index contributed by atoms with van der Waals surface area (Å²) < 4.78 is 23.8. The molecule has 6 nitrogen and oxygen atoms in total. The van der Waals surface area contributed by atoms with Crippen molar-refractivity contribution in [3.8, 4) is 11.6 Å². The summed E-state index contributed by atoms with van der Waals surface area (Å²) in [6.07, 6.45) is -1.65. The van der Waals surface area contributed by atoms with Crippen LogP contribution in [0.2, 0.25) is 5.15 Å². The van der Waals surface area contributed by atoms with E-state index in [-0.39, 0.29) is 16.8 Å². The Bertz CT molecular complexity index is 699. The fraction of sp³-hybridized carbons (Fsp3) is 0.267. The molecule has 0 saturated heterocycles. The van der Waals surface area contributed by atoms with E-state index in [1.54, 1.807) is 45.0 Å². The second kappa shape index (κ2) is 6.78. The van der Waals surface area contributed by atoms with Crippen LogP contribution in [0.25, 0.3) is 0 Å². The summed E-state index contributed by atoms with van der Waals surface area (Å²) in [6, 6.07) is 7.84. The molecule has 8 heteroatoms. The number of benzene rings is 1. The van der Waals surface area contributed by atoms with Crippen molar-refractivity contribution < 1.29 is 18.7 Å². The van der Waals surface area contributed by atoms with Crippen LogP contribution < -0.4 is 10.1 Å². The molecule has 0 saturated carbocycles. The first-order chi connectivity index (χ1) is 10.7. The Morgan fingerprint density at radius 1 is 1.26 bits per heavy atom. The molecule has 0 aliphatic rings. The number of para-hydroxylation sites is 2. The molecule has 1 heterocycles. The van der Waals surface area contributed by atoms with Crippen LogP contribution >= 0.6 is 11.6 Å². The molecule has 0 unspecified atom stereocenters. The lowest BCUT2D eigenvalue weighted by molar-refractivity contribution is 0.0635. The maximum atomic E-state index is 13.2. The highest BCUT2D eigenvalue weighted by Crippen LogP contribution is 2.29. The summed E-state index contributed by atoms with van der Waals surface area (Å²) in [5.41, 5.74) is -0.291. The van der Waals surface area contributed by atoms with E-state index in [9.17, 15) is 9.18 Å². The van der Waals surface area contributed by atoms with E-state index < -0.39 is 17.8 Å². The van der Waals surface area contributed by atoms with Crippen molar-refractivity contribution >= 4 is 23.4 Å². The minimum absolute atomic E-state index is 0.0825. The number of carbonyl (C=O) groups is 1. The van der Waals surface area contributed by atoms with Crippen molar-refractivity contribution in [3.63, 3.8) is 0 Å². The van der Waals surface area contributed by atoms with Crippen LogP contribution in [-0.4, -0.2) is 21.7 Å². The Balaban J connectivity index is 2.19. The van der Waals surface area contributed by atoms with Gasteiger partial charge in [0.2, 0.25) is 5.88 Å². The minimum atomic E-state index is -1.01. The molecule has 0 radical (unpaired) electrons. The lowest BCUT2D eigenvalue weighted by Gasteiger charge is -2.20. The Kier molecular flexibility index (Phi) is 5.00. The van der Waals surface area contributed by atoms with E-state index in [0.717, 1.165) is 0 Å². The van der Waals surface area contributed by atoms with E-state index in [2.05, 4.69) is 15.3 Å². The van der Waals surface area contributed by atoms with Gasteiger partial charge in [0.05, 0.1) is 5.69 Å². The molecular weight excluding hydrogens is 325 g/mol. The lowest BCUT2D eigenvalue weighted by atomic mass is 10.2. The van der Waals surface area contributed by atoms with E-state index in [1.165, 1.54) is 6.07 Å². The first kappa shape index (κ1) is 17.0. The molecule has 1 amide bonds. The van der Waals surface area contributed by atoms with Gasteiger partial charge in [0, 0.05) is 6.07 Å². The predicted molar refractivity (Wildman–Crippen MR) is 83.4 cm³/mol. The van der Waals surface area contributed by atoms with Crippen LogP contribution in [0.3, 0.4) is 0 Å². The Morgan fingerprint density at radius 2 is 1.96 bits per heavy atom. The highest BCUT2D eigenvalue weighted by Gasteiger charge is 2.18. The van der Waals surface area contributed by atoms with Gasteiger partial charge in [-0.15, -0.1) is 0 Å². The topological polar surface area (TPSA) is 73.3 Å². The summed E-state index contributed by atoms with van der Waals surface area (Å²) in [4.78, 5) is 18.6. The number of rotatable bonds is 3. The van der Waals surface area contributed by atoms with Gasteiger partial charge in [-0.2, -0.15) is 14.4 Å². The van der Waals surface area contributed by atoms with Crippen LogP contribution in [0, 0.1) is 6.08 Å². The van der Waals surface area contributed by atoms with Crippen molar-refractivity contribution in [2.75, 3.05) is 5.32 Å². The summed E-state index contributed by atoms with van der Waals surface area (Å²) in [5, 5.41) is 2.47. The molecule has 122 valence electrons. The average Bonchev–Trinajstić information content (AvgIpc) is 2.37. The maximum absolute atomic E-state index is 13.2. The van der Waals surface area contributed by atoms with Gasteiger partial charge in [0.25, 0.3) is 0 Å². The highest BCUT2D eigenvalue weighted by molar-refractivity contribution is 6.29. The molecule has 0 fully saturated rings. The van der Waals surface area contributed by atoms with Gasteiger partial charge in [-0.05, 0) is 32.9 Å². The summed E-state index contributed by atoms with van der Waals surface area (Å²) in [5.74, 6) is 0.175. The van der Waals surface area contributed by atoms with Crippen molar-refractivity contribution in [2.24, 2.45) is 0 Å². The summed E-state index contributed by atoms with van der Waals surface area (Å²) in [7, 11) is 0. The second-order valence-electron chi connectivity index (χ2n) is 5.52. The maximum Gasteiger partial charge on any atom is 0.412 e. The van der Waals surface area contributed by atoms with E-state index in [4.69, 9.17) is 21.1 Å². The van der Waals surface area contributed by atoms with Gasteiger partial charge in [-0.25, -0.2) is 4.79 Å². The van der Waals surface area contributed by atoms with Crippen LogP contribution in [0.15, 0.2) is 30.3 Å². The van der Waals surface area contributed by atoms with Crippen molar-refractivity contribution in [3.05, 3.63) is 41.6 Å².